The lowest BCUT2D eigenvalue weighted by Crippen LogP contribution is -2.08. The number of rotatable bonds is 4. The molecule has 2 rings (SSSR count). The maximum atomic E-state index is 10.6. The molecule has 0 amide bonds. The highest BCUT2D eigenvalue weighted by atomic mass is 16.5. The number of hydrogen-bond donors (Lipinski definition) is 0. The standard InChI is InChI=1S/C14H15NO2/c15-8-13-7-12(9-16)5-6-14(13)17-10-11-3-1-2-4-11/h5-7,9,11H,1-4,10H2. The normalized spacial score (nSPS) is 15.5. The summed E-state index contributed by atoms with van der Waals surface area (Å²) in [6, 6.07) is 7.01. The van der Waals surface area contributed by atoms with E-state index in [9.17, 15) is 4.79 Å². The minimum atomic E-state index is 0.438. The molecule has 0 saturated heterocycles. The first-order chi connectivity index (χ1) is 8.33. The van der Waals surface area contributed by atoms with E-state index in [1.807, 2.05) is 0 Å². The highest BCUT2D eigenvalue weighted by Gasteiger charge is 2.16. The van der Waals surface area contributed by atoms with Gasteiger partial charge in [0.1, 0.15) is 18.1 Å². The number of carbonyl (C=O) groups excluding carboxylic acids is 1. The van der Waals surface area contributed by atoms with Crippen LogP contribution in [0.15, 0.2) is 18.2 Å². The number of hydrogen-bond acceptors (Lipinski definition) is 3. The Morgan fingerprint density at radius 3 is 2.82 bits per heavy atom. The Morgan fingerprint density at radius 1 is 1.41 bits per heavy atom. The van der Waals surface area contributed by atoms with E-state index < -0.39 is 0 Å². The summed E-state index contributed by atoms with van der Waals surface area (Å²) in [6.07, 6.45) is 5.73. The molecule has 0 heterocycles. The second-order valence-electron chi connectivity index (χ2n) is 4.45. The molecule has 0 unspecified atom stereocenters. The number of nitriles is 1. The number of aldehydes is 1. The van der Waals surface area contributed by atoms with E-state index in [0.717, 1.165) is 6.29 Å². The van der Waals surface area contributed by atoms with Crippen LogP contribution < -0.4 is 4.74 Å². The quantitative estimate of drug-likeness (QED) is 0.746. The van der Waals surface area contributed by atoms with Gasteiger partial charge in [0.15, 0.2) is 0 Å². The van der Waals surface area contributed by atoms with E-state index in [1.54, 1.807) is 18.2 Å². The van der Waals surface area contributed by atoms with Crippen LogP contribution in [0.3, 0.4) is 0 Å². The summed E-state index contributed by atoms with van der Waals surface area (Å²) in [7, 11) is 0. The van der Waals surface area contributed by atoms with Crippen LogP contribution in [0.2, 0.25) is 0 Å². The van der Waals surface area contributed by atoms with Crippen molar-refractivity contribution in [3.8, 4) is 11.8 Å². The molecule has 0 N–H and O–H groups in total. The predicted octanol–water partition coefficient (Wildman–Crippen LogP) is 2.94. The molecule has 1 aliphatic carbocycles. The summed E-state index contributed by atoms with van der Waals surface area (Å²) < 4.78 is 5.67. The van der Waals surface area contributed by atoms with Crippen molar-refractivity contribution in [1.82, 2.24) is 0 Å². The minimum absolute atomic E-state index is 0.438. The van der Waals surface area contributed by atoms with E-state index in [2.05, 4.69) is 6.07 Å². The highest BCUT2D eigenvalue weighted by molar-refractivity contribution is 5.76. The third-order valence-electron chi connectivity index (χ3n) is 3.21. The minimum Gasteiger partial charge on any atom is -0.492 e. The molecular formula is C14H15NO2. The second kappa shape index (κ2) is 5.49. The van der Waals surface area contributed by atoms with Crippen LogP contribution in [0.4, 0.5) is 0 Å². The average Bonchev–Trinajstić information content (AvgIpc) is 2.89. The zero-order chi connectivity index (χ0) is 12.1. The maximum Gasteiger partial charge on any atom is 0.150 e. The topological polar surface area (TPSA) is 50.1 Å². The molecule has 17 heavy (non-hydrogen) atoms. The number of carbonyl (C=O) groups is 1. The van der Waals surface area contributed by atoms with E-state index in [0.29, 0.717) is 29.4 Å². The second-order valence-corrected chi connectivity index (χ2v) is 4.45. The van der Waals surface area contributed by atoms with E-state index in [4.69, 9.17) is 10.00 Å². The first-order valence-corrected chi connectivity index (χ1v) is 5.95. The van der Waals surface area contributed by atoms with Gasteiger partial charge in [-0.2, -0.15) is 5.26 Å². The Morgan fingerprint density at radius 2 is 2.18 bits per heavy atom. The van der Waals surface area contributed by atoms with Crippen LogP contribution in [0, 0.1) is 17.2 Å². The highest BCUT2D eigenvalue weighted by Crippen LogP contribution is 2.26. The van der Waals surface area contributed by atoms with Crippen LogP contribution >= 0.6 is 0 Å². The summed E-state index contributed by atoms with van der Waals surface area (Å²) >= 11 is 0. The van der Waals surface area contributed by atoms with Gasteiger partial charge in [-0.05, 0) is 37.0 Å². The van der Waals surface area contributed by atoms with Crippen molar-refractivity contribution in [1.29, 1.82) is 5.26 Å². The molecule has 1 aliphatic rings. The van der Waals surface area contributed by atoms with Crippen LogP contribution in [-0.2, 0) is 0 Å². The van der Waals surface area contributed by atoms with Crippen molar-refractivity contribution < 1.29 is 9.53 Å². The van der Waals surface area contributed by atoms with Gasteiger partial charge in [0, 0.05) is 5.56 Å². The number of nitrogens with zero attached hydrogens (tertiary/aromatic N) is 1. The lowest BCUT2D eigenvalue weighted by molar-refractivity contribution is 0.112. The van der Waals surface area contributed by atoms with Crippen molar-refractivity contribution in [2.45, 2.75) is 25.7 Å². The first-order valence-electron chi connectivity index (χ1n) is 5.95. The van der Waals surface area contributed by atoms with Crippen LogP contribution in [0.1, 0.15) is 41.6 Å². The first kappa shape index (κ1) is 11.7. The Labute approximate surface area is 101 Å². The summed E-state index contributed by atoms with van der Waals surface area (Å²) in [4.78, 5) is 10.6. The SMILES string of the molecule is N#Cc1cc(C=O)ccc1OCC1CCCC1. The molecule has 0 aromatic heterocycles. The van der Waals surface area contributed by atoms with Crippen molar-refractivity contribution in [3.63, 3.8) is 0 Å². The summed E-state index contributed by atoms with van der Waals surface area (Å²) in [5.74, 6) is 1.21. The smallest absolute Gasteiger partial charge is 0.150 e. The van der Waals surface area contributed by atoms with E-state index in [1.165, 1.54) is 25.7 Å². The fraction of sp³-hybridized carbons (Fsp3) is 0.429. The van der Waals surface area contributed by atoms with Crippen LogP contribution in [-0.4, -0.2) is 12.9 Å². The molecule has 0 spiro atoms. The van der Waals surface area contributed by atoms with Gasteiger partial charge in [-0.3, -0.25) is 4.79 Å². The average molecular weight is 229 g/mol. The zero-order valence-electron chi connectivity index (χ0n) is 9.69. The third-order valence-corrected chi connectivity index (χ3v) is 3.21. The lowest BCUT2D eigenvalue weighted by atomic mass is 10.1. The summed E-state index contributed by atoms with van der Waals surface area (Å²) in [5, 5.41) is 8.98. The van der Waals surface area contributed by atoms with Gasteiger partial charge in [0.2, 0.25) is 0 Å². The van der Waals surface area contributed by atoms with Gasteiger partial charge >= 0.3 is 0 Å². The molecule has 1 aromatic carbocycles. The van der Waals surface area contributed by atoms with Crippen LogP contribution in [0.5, 0.6) is 5.75 Å². The number of benzene rings is 1. The van der Waals surface area contributed by atoms with Gasteiger partial charge in [0.25, 0.3) is 0 Å². The fourth-order valence-corrected chi connectivity index (χ4v) is 2.22. The molecule has 0 bridgehead atoms. The Kier molecular flexibility index (Phi) is 3.77. The van der Waals surface area contributed by atoms with Gasteiger partial charge < -0.3 is 4.74 Å². The van der Waals surface area contributed by atoms with E-state index >= 15 is 0 Å². The molecule has 1 saturated carbocycles. The lowest BCUT2D eigenvalue weighted by Gasteiger charge is -2.12. The molecule has 3 nitrogen and oxygen atoms in total. The van der Waals surface area contributed by atoms with Crippen molar-refractivity contribution >= 4 is 6.29 Å². The molecule has 0 atom stereocenters. The molecule has 3 heteroatoms. The van der Waals surface area contributed by atoms with E-state index in [-0.39, 0.29) is 0 Å². The molecule has 0 radical (unpaired) electrons. The number of ether oxygens (including phenoxy) is 1. The molecular weight excluding hydrogens is 214 g/mol. The Bertz CT molecular complexity index is 442. The molecule has 88 valence electrons. The van der Waals surface area contributed by atoms with Gasteiger partial charge in [0.05, 0.1) is 12.2 Å². The van der Waals surface area contributed by atoms with Gasteiger partial charge in [-0.25, -0.2) is 0 Å². The largest absolute Gasteiger partial charge is 0.492 e. The molecule has 1 fully saturated rings. The maximum absolute atomic E-state index is 10.6. The summed E-state index contributed by atoms with van der Waals surface area (Å²) in [6.45, 7) is 0.676. The zero-order valence-corrected chi connectivity index (χ0v) is 9.69. The van der Waals surface area contributed by atoms with Crippen molar-refractivity contribution in [2.75, 3.05) is 6.61 Å². The fourth-order valence-electron chi connectivity index (χ4n) is 2.22. The Hall–Kier alpha value is -1.82. The van der Waals surface area contributed by atoms with Crippen molar-refractivity contribution in [2.24, 2.45) is 5.92 Å². The van der Waals surface area contributed by atoms with Gasteiger partial charge in [-0.15, -0.1) is 0 Å². The molecule has 0 aliphatic heterocycles. The molecule has 1 aromatic rings. The summed E-state index contributed by atoms with van der Waals surface area (Å²) in [5.41, 5.74) is 0.947. The third kappa shape index (κ3) is 2.85. The van der Waals surface area contributed by atoms with Gasteiger partial charge in [-0.1, -0.05) is 12.8 Å². The van der Waals surface area contributed by atoms with Crippen molar-refractivity contribution in [3.05, 3.63) is 29.3 Å². The van der Waals surface area contributed by atoms with Crippen LogP contribution in [0.25, 0.3) is 0 Å². The monoisotopic (exact) mass is 229 g/mol. The predicted molar refractivity (Wildman–Crippen MR) is 64.0 cm³/mol. The Balaban J connectivity index is 2.04.